The van der Waals surface area contributed by atoms with E-state index in [4.69, 9.17) is 4.52 Å². The first-order valence-electron chi connectivity index (χ1n) is 7.33. The van der Waals surface area contributed by atoms with Crippen molar-refractivity contribution in [2.75, 3.05) is 0 Å². The maximum Gasteiger partial charge on any atom is 0.246 e. The van der Waals surface area contributed by atoms with Crippen molar-refractivity contribution in [1.29, 1.82) is 0 Å². The van der Waals surface area contributed by atoms with Crippen molar-refractivity contribution in [3.8, 4) is 0 Å². The monoisotopic (exact) mass is 330 g/mol. The first-order valence-corrected chi connectivity index (χ1v) is 8.81. The zero-order chi connectivity index (χ0) is 16.6. The zero-order valence-electron chi connectivity index (χ0n) is 13.2. The van der Waals surface area contributed by atoms with Gasteiger partial charge in [0.2, 0.25) is 10.0 Å². The average molecular weight is 330 g/mol. The third-order valence-corrected chi connectivity index (χ3v) is 5.64. The van der Waals surface area contributed by atoms with Gasteiger partial charge in [0.05, 0.1) is 0 Å². The third-order valence-electron chi connectivity index (χ3n) is 3.86. The molecule has 6 heteroatoms. The van der Waals surface area contributed by atoms with Crippen molar-refractivity contribution in [2.24, 2.45) is 0 Å². The van der Waals surface area contributed by atoms with Gasteiger partial charge in [-0.3, -0.25) is 0 Å². The minimum Gasteiger partial charge on any atom is -0.360 e. The molecule has 1 unspecified atom stereocenters. The molecule has 0 amide bonds. The highest BCUT2D eigenvalue weighted by atomic mass is 32.2. The fourth-order valence-electron chi connectivity index (χ4n) is 2.84. The second kappa shape index (κ2) is 5.79. The molecule has 0 fully saturated rings. The van der Waals surface area contributed by atoms with Gasteiger partial charge in [-0.2, -0.15) is 0 Å². The molecule has 23 heavy (non-hydrogen) atoms. The first-order chi connectivity index (χ1) is 10.9. The minimum absolute atomic E-state index is 0.115. The van der Waals surface area contributed by atoms with Gasteiger partial charge >= 0.3 is 0 Å². The van der Waals surface area contributed by atoms with Crippen molar-refractivity contribution < 1.29 is 12.9 Å². The molecule has 0 bridgehead atoms. The lowest BCUT2D eigenvalue weighted by Crippen LogP contribution is -2.27. The van der Waals surface area contributed by atoms with Crippen LogP contribution in [-0.2, 0) is 10.0 Å². The SMILES string of the molecule is Cc1noc(C)c1S(=O)(=O)NC(C)c1cccc2ccccc12. The fourth-order valence-corrected chi connectivity index (χ4v) is 4.39. The van der Waals surface area contributed by atoms with Crippen molar-refractivity contribution >= 4 is 20.8 Å². The molecular weight excluding hydrogens is 312 g/mol. The molecule has 2 aromatic carbocycles. The number of nitrogens with zero attached hydrogens (tertiary/aromatic N) is 1. The zero-order valence-corrected chi connectivity index (χ0v) is 14.0. The number of rotatable bonds is 4. The molecule has 0 aliphatic carbocycles. The highest BCUT2D eigenvalue weighted by Gasteiger charge is 2.26. The lowest BCUT2D eigenvalue weighted by molar-refractivity contribution is 0.390. The molecule has 0 radical (unpaired) electrons. The number of fused-ring (bicyclic) bond motifs is 1. The number of hydrogen-bond acceptors (Lipinski definition) is 4. The van der Waals surface area contributed by atoms with Crippen molar-refractivity contribution in [1.82, 2.24) is 9.88 Å². The second-order valence-corrected chi connectivity index (χ2v) is 7.22. The summed E-state index contributed by atoms with van der Waals surface area (Å²) in [5.41, 5.74) is 1.29. The lowest BCUT2D eigenvalue weighted by atomic mass is 10.0. The van der Waals surface area contributed by atoms with Crippen LogP contribution in [0.1, 0.15) is 30.0 Å². The summed E-state index contributed by atoms with van der Waals surface area (Å²) in [6.45, 7) is 5.04. The van der Waals surface area contributed by atoms with E-state index >= 15 is 0 Å². The standard InChI is InChI=1S/C17H18N2O3S/c1-11(15-10-6-8-14-7-4-5-9-16(14)15)19-23(20,21)17-12(2)18-22-13(17)3/h4-11,19H,1-3H3. The van der Waals surface area contributed by atoms with Crippen LogP contribution in [0.4, 0.5) is 0 Å². The van der Waals surface area contributed by atoms with Crippen LogP contribution < -0.4 is 4.72 Å². The van der Waals surface area contributed by atoms with Crippen LogP contribution in [0, 0.1) is 13.8 Å². The molecule has 3 aromatic rings. The number of benzene rings is 2. The lowest BCUT2D eigenvalue weighted by Gasteiger charge is -2.16. The van der Waals surface area contributed by atoms with Crippen LogP contribution in [0.2, 0.25) is 0 Å². The first kappa shape index (κ1) is 15.7. The molecule has 1 atom stereocenters. The molecule has 1 N–H and O–H groups in total. The Labute approximate surface area is 135 Å². The predicted octanol–water partition coefficient (Wildman–Crippen LogP) is 3.48. The van der Waals surface area contributed by atoms with Crippen LogP contribution in [0.5, 0.6) is 0 Å². The van der Waals surface area contributed by atoms with E-state index in [1.165, 1.54) is 0 Å². The minimum atomic E-state index is -3.70. The van der Waals surface area contributed by atoms with Crippen LogP contribution in [0.25, 0.3) is 10.8 Å². The predicted molar refractivity (Wildman–Crippen MR) is 88.7 cm³/mol. The van der Waals surface area contributed by atoms with Gasteiger partial charge in [-0.1, -0.05) is 47.6 Å². The Bertz CT molecular complexity index is 936. The van der Waals surface area contributed by atoms with Gasteiger partial charge in [0, 0.05) is 6.04 Å². The van der Waals surface area contributed by atoms with Crippen LogP contribution in [0.3, 0.4) is 0 Å². The number of aromatic nitrogens is 1. The summed E-state index contributed by atoms with van der Waals surface area (Å²) in [5.74, 6) is 0.292. The van der Waals surface area contributed by atoms with Gasteiger partial charge in [0.25, 0.3) is 0 Å². The second-order valence-electron chi connectivity index (χ2n) is 5.56. The van der Waals surface area contributed by atoms with E-state index in [1.54, 1.807) is 13.8 Å². The van der Waals surface area contributed by atoms with Gasteiger partial charge < -0.3 is 4.52 Å². The number of hydrogen-bond donors (Lipinski definition) is 1. The van der Waals surface area contributed by atoms with Gasteiger partial charge in [-0.25, -0.2) is 13.1 Å². The van der Waals surface area contributed by atoms with Gasteiger partial charge in [0.15, 0.2) is 5.76 Å². The molecule has 5 nitrogen and oxygen atoms in total. The molecule has 3 rings (SSSR count). The molecule has 0 aliphatic rings. The molecule has 0 saturated heterocycles. The third kappa shape index (κ3) is 2.87. The Hall–Kier alpha value is -2.18. The van der Waals surface area contributed by atoms with E-state index in [0.717, 1.165) is 16.3 Å². The van der Waals surface area contributed by atoms with Crippen LogP contribution in [0.15, 0.2) is 51.9 Å². The molecular formula is C17H18N2O3S. The highest BCUT2D eigenvalue weighted by molar-refractivity contribution is 7.89. The molecule has 1 aromatic heterocycles. The summed E-state index contributed by atoms with van der Waals surface area (Å²) in [5, 5.41) is 5.83. The Kier molecular flexibility index (Phi) is 3.95. The van der Waals surface area contributed by atoms with Gasteiger partial charge in [0.1, 0.15) is 10.6 Å². The Morgan fingerprint density at radius 1 is 1.09 bits per heavy atom. The van der Waals surface area contributed by atoms with Crippen LogP contribution >= 0.6 is 0 Å². The fraction of sp³-hybridized carbons (Fsp3) is 0.235. The van der Waals surface area contributed by atoms with Crippen LogP contribution in [-0.4, -0.2) is 13.6 Å². The van der Waals surface area contributed by atoms with Gasteiger partial charge in [-0.15, -0.1) is 0 Å². The van der Waals surface area contributed by atoms with E-state index in [2.05, 4.69) is 9.88 Å². The Morgan fingerprint density at radius 2 is 1.78 bits per heavy atom. The van der Waals surface area contributed by atoms with Crippen molar-refractivity contribution in [3.05, 3.63) is 59.5 Å². The van der Waals surface area contributed by atoms with E-state index in [1.807, 2.05) is 49.4 Å². The highest BCUT2D eigenvalue weighted by Crippen LogP contribution is 2.26. The molecule has 1 heterocycles. The maximum absolute atomic E-state index is 12.6. The summed E-state index contributed by atoms with van der Waals surface area (Å²) in [4.78, 5) is 0.115. The van der Waals surface area contributed by atoms with Gasteiger partial charge in [-0.05, 0) is 37.1 Å². The molecule has 120 valence electrons. The summed E-state index contributed by atoms with van der Waals surface area (Å²) in [6.07, 6.45) is 0. The van der Waals surface area contributed by atoms with E-state index < -0.39 is 10.0 Å². The quantitative estimate of drug-likeness (QED) is 0.795. The Balaban J connectivity index is 1.99. The van der Waals surface area contributed by atoms with Crippen molar-refractivity contribution in [2.45, 2.75) is 31.7 Å². The largest absolute Gasteiger partial charge is 0.360 e. The number of nitrogens with one attached hydrogen (secondary N) is 1. The molecule has 0 spiro atoms. The van der Waals surface area contributed by atoms with Crippen molar-refractivity contribution in [3.63, 3.8) is 0 Å². The average Bonchev–Trinajstić information content (AvgIpc) is 2.86. The van der Waals surface area contributed by atoms with E-state index in [0.29, 0.717) is 11.5 Å². The summed E-state index contributed by atoms with van der Waals surface area (Å²) < 4.78 is 33.0. The smallest absolute Gasteiger partial charge is 0.246 e. The number of sulfonamides is 1. The van der Waals surface area contributed by atoms with E-state index in [9.17, 15) is 8.42 Å². The summed E-state index contributed by atoms with van der Waals surface area (Å²) >= 11 is 0. The molecule has 0 saturated carbocycles. The summed E-state index contributed by atoms with van der Waals surface area (Å²) in [7, 11) is -3.70. The Morgan fingerprint density at radius 3 is 2.48 bits per heavy atom. The maximum atomic E-state index is 12.6. The summed E-state index contributed by atoms with van der Waals surface area (Å²) in [6, 6.07) is 13.4. The molecule has 0 aliphatic heterocycles. The van der Waals surface area contributed by atoms with E-state index in [-0.39, 0.29) is 10.9 Å². The number of aryl methyl sites for hydroxylation is 2. The normalized spacial score (nSPS) is 13.3. The topological polar surface area (TPSA) is 72.2 Å².